The molecule has 1 fully saturated rings. The number of piperazine rings is 1. The van der Waals surface area contributed by atoms with E-state index in [2.05, 4.69) is 10.1 Å². The van der Waals surface area contributed by atoms with Crippen LogP contribution in [0, 0.1) is 12.7 Å². The molecule has 0 saturated carbocycles. The first-order chi connectivity index (χ1) is 12.0. The van der Waals surface area contributed by atoms with Crippen molar-refractivity contribution >= 4 is 5.91 Å². The van der Waals surface area contributed by atoms with Crippen LogP contribution in [-0.4, -0.2) is 53.1 Å². The number of carbonyl (C=O) groups excluding carboxylic acids is 1. The minimum Gasteiger partial charge on any atom is -0.481 e. The Balaban J connectivity index is 1.49. The quantitative estimate of drug-likeness (QED) is 0.830. The lowest BCUT2D eigenvalue weighted by Gasteiger charge is -2.35. The van der Waals surface area contributed by atoms with E-state index in [4.69, 9.17) is 9.26 Å². The van der Waals surface area contributed by atoms with Crippen molar-refractivity contribution in [2.45, 2.75) is 26.5 Å². The van der Waals surface area contributed by atoms with Crippen LogP contribution >= 0.6 is 0 Å². The standard InChI is InChI=1S/C18H22FN3O3/c1-13-10-16(20-25-13)12-21-6-8-22(9-7-21)18(23)14(2)24-17-5-3-4-15(19)11-17/h3-5,10-11,14H,6-9,12H2,1-2H3/t14-/m0/s1. The summed E-state index contributed by atoms with van der Waals surface area (Å²) in [4.78, 5) is 16.5. The molecular formula is C18H22FN3O3. The zero-order valence-corrected chi connectivity index (χ0v) is 14.4. The summed E-state index contributed by atoms with van der Waals surface area (Å²) < 4.78 is 23.8. The van der Waals surface area contributed by atoms with Crippen molar-refractivity contribution in [3.8, 4) is 5.75 Å². The monoisotopic (exact) mass is 347 g/mol. The molecule has 2 aromatic rings. The number of benzene rings is 1. The van der Waals surface area contributed by atoms with Gasteiger partial charge in [0.1, 0.15) is 17.3 Å². The molecule has 0 unspecified atom stereocenters. The summed E-state index contributed by atoms with van der Waals surface area (Å²) in [6, 6.07) is 7.75. The van der Waals surface area contributed by atoms with Gasteiger partial charge in [-0.05, 0) is 26.0 Å². The number of hydrogen-bond acceptors (Lipinski definition) is 5. The van der Waals surface area contributed by atoms with Gasteiger partial charge >= 0.3 is 0 Å². The second kappa shape index (κ2) is 7.65. The number of amides is 1. The lowest BCUT2D eigenvalue weighted by atomic mass is 10.2. The SMILES string of the molecule is Cc1cc(CN2CCN(C(=O)[C@H](C)Oc3cccc(F)c3)CC2)no1. The van der Waals surface area contributed by atoms with E-state index < -0.39 is 6.10 Å². The predicted octanol–water partition coefficient (Wildman–Crippen LogP) is 2.23. The predicted molar refractivity (Wildman–Crippen MR) is 89.6 cm³/mol. The molecule has 1 atom stereocenters. The van der Waals surface area contributed by atoms with Gasteiger partial charge in [0, 0.05) is 44.9 Å². The molecule has 0 N–H and O–H groups in total. The third-order valence-electron chi connectivity index (χ3n) is 4.20. The summed E-state index contributed by atoms with van der Waals surface area (Å²) in [6.45, 7) is 7.08. The zero-order chi connectivity index (χ0) is 17.8. The van der Waals surface area contributed by atoms with Crippen LogP contribution in [0.3, 0.4) is 0 Å². The molecule has 1 amide bonds. The molecule has 7 heteroatoms. The molecule has 0 aliphatic carbocycles. The van der Waals surface area contributed by atoms with Crippen molar-refractivity contribution in [1.29, 1.82) is 0 Å². The van der Waals surface area contributed by atoms with Crippen LogP contribution in [0.15, 0.2) is 34.9 Å². The molecule has 1 saturated heterocycles. The number of carbonyl (C=O) groups is 1. The van der Waals surface area contributed by atoms with E-state index >= 15 is 0 Å². The Labute approximate surface area is 146 Å². The van der Waals surface area contributed by atoms with Crippen molar-refractivity contribution in [3.63, 3.8) is 0 Å². The molecule has 1 aromatic heterocycles. The van der Waals surface area contributed by atoms with Gasteiger partial charge < -0.3 is 14.2 Å². The van der Waals surface area contributed by atoms with Gasteiger partial charge in [0.05, 0.1) is 5.69 Å². The molecule has 0 radical (unpaired) electrons. The van der Waals surface area contributed by atoms with Gasteiger partial charge in [-0.2, -0.15) is 0 Å². The highest BCUT2D eigenvalue weighted by Crippen LogP contribution is 2.16. The van der Waals surface area contributed by atoms with Gasteiger partial charge in [-0.15, -0.1) is 0 Å². The van der Waals surface area contributed by atoms with E-state index in [9.17, 15) is 9.18 Å². The second-order valence-electron chi connectivity index (χ2n) is 6.25. The van der Waals surface area contributed by atoms with Crippen LogP contribution in [0.5, 0.6) is 5.75 Å². The highest BCUT2D eigenvalue weighted by atomic mass is 19.1. The Morgan fingerprint density at radius 1 is 1.32 bits per heavy atom. The highest BCUT2D eigenvalue weighted by Gasteiger charge is 2.26. The number of hydrogen-bond donors (Lipinski definition) is 0. The fourth-order valence-corrected chi connectivity index (χ4v) is 2.90. The third kappa shape index (κ3) is 4.57. The van der Waals surface area contributed by atoms with E-state index in [0.717, 1.165) is 24.5 Å². The first-order valence-electron chi connectivity index (χ1n) is 8.37. The van der Waals surface area contributed by atoms with Gasteiger partial charge in [0.2, 0.25) is 0 Å². The highest BCUT2D eigenvalue weighted by molar-refractivity contribution is 5.81. The van der Waals surface area contributed by atoms with Crippen LogP contribution in [0.1, 0.15) is 18.4 Å². The molecule has 25 heavy (non-hydrogen) atoms. The maximum atomic E-state index is 13.2. The third-order valence-corrected chi connectivity index (χ3v) is 4.20. The molecule has 1 aromatic carbocycles. The number of aromatic nitrogens is 1. The van der Waals surface area contributed by atoms with Crippen LogP contribution in [0.4, 0.5) is 4.39 Å². The maximum absolute atomic E-state index is 13.2. The van der Waals surface area contributed by atoms with Gasteiger partial charge in [-0.1, -0.05) is 11.2 Å². The summed E-state index contributed by atoms with van der Waals surface area (Å²) in [5.74, 6) is 0.697. The summed E-state index contributed by atoms with van der Waals surface area (Å²) in [6.07, 6.45) is -0.647. The second-order valence-corrected chi connectivity index (χ2v) is 6.25. The Morgan fingerprint density at radius 3 is 2.72 bits per heavy atom. The average molecular weight is 347 g/mol. The van der Waals surface area contributed by atoms with Crippen molar-refractivity contribution in [2.75, 3.05) is 26.2 Å². The maximum Gasteiger partial charge on any atom is 0.263 e. The summed E-state index contributed by atoms with van der Waals surface area (Å²) in [7, 11) is 0. The summed E-state index contributed by atoms with van der Waals surface area (Å²) in [5, 5.41) is 4.00. The van der Waals surface area contributed by atoms with Crippen LogP contribution in [0.25, 0.3) is 0 Å². The van der Waals surface area contributed by atoms with Gasteiger partial charge in [0.15, 0.2) is 6.10 Å². The molecule has 1 aliphatic rings. The molecule has 3 rings (SSSR count). The molecule has 6 nitrogen and oxygen atoms in total. The van der Waals surface area contributed by atoms with Crippen molar-refractivity contribution < 1.29 is 18.4 Å². The van der Waals surface area contributed by atoms with Crippen molar-refractivity contribution in [1.82, 2.24) is 15.0 Å². The Bertz CT molecular complexity index is 726. The largest absolute Gasteiger partial charge is 0.481 e. The van der Waals surface area contributed by atoms with Crippen LogP contribution < -0.4 is 4.74 Å². The minimum atomic E-state index is -0.647. The topological polar surface area (TPSA) is 58.8 Å². The number of halogens is 1. The fourth-order valence-electron chi connectivity index (χ4n) is 2.90. The molecule has 1 aliphatic heterocycles. The Morgan fingerprint density at radius 2 is 2.08 bits per heavy atom. The number of aryl methyl sites for hydroxylation is 1. The van der Waals surface area contributed by atoms with E-state index in [0.29, 0.717) is 25.4 Å². The summed E-state index contributed by atoms with van der Waals surface area (Å²) >= 11 is 0. The molecular weight excluding hydrogens is 325 g/mol. The van der Waals surface area contributed by atoms with Gasteiger partial charge in [0.25, 0.3) is 5.91 Å². The van der Waals surface area contributed by atoms with Crippen LogP contribution in [0.2, 0.25) is 0 Å². The van der Waals surface area contributed by atoms with E-state index in [1.54, 1.807) is 24.0 Å². The minimum absolute atomic E-state index is 0.0822. The van der Waals surface area contributed by atoms with Crippen LogP contribution in [-0.2, 0) is 11.3 Å². The Hall–Kier alpha value is -2.41. The smallest absolute Gasteiger partial charge is 0.263 e. The lowest BCUT2D eigenvalue weighted by molar-refractivity contribution is -0.139. The first-order valence-corrected chi connectivity index (χ1v) is 8.37. The number of rotatable bonds is 5. The first kappa shape index (κ1) is 17.4. The summed E-state index contributed by atoms with van der Waals surface area (Å²) in [5.41, 5.74) is 0.903. The normalized spacial score (nSPS) is 16.7. The number of nitrogens with zero attached hydrogens (tertiary/aromatic N) is 3. The lowest BCUT2D eigenvalue weighted by Crippen LogP contribution is -2.51. The van der Waals surface area contributed by atoms with Gasteiger partial charge in [-0.3, -0.25) is 9.69 Å². The van der Waals surface area contributed by atoms with E-state index in [-0.39, 0.29) is 11.7 Å². The Kier molecular flexibility index (Phi) is 5.33. The van der Waals surface area contributed by atoms with Crippen molar-refractivity contribution in [2.24, 2.45) is 0 Å². The zero-order valence-electron chi connectivity index (χ0n) is 14.4. The number of ether oxygens (including phenoxy) is 1. The fraction of sp³-hybridized carbons (Fsp3) is 0.444. The molecule has 0 bridgehead atoms. The molecule has 2 heterocycles. The molecule has 0 spiro atoms. The average Bonchev–Trinajstić information content (AvgIpc) is 3.00. The molecule has 134 valence electrons. The van der Waals surface area contributed by atoms with Crippen molar-refractivity contribution in [3.05, 3.63) is 47.6 Å². The van der Waals surface area contributed by atoms with Gasteiger partial charge in [-0.25, -0.2) is 4.39 Å². The van der Waals surface area contributed by atoms with E-state index in [1.807, 2.05) is 13.0 Å². The van der Waals surface area contributed by atoms with E-state index in [1.165, 1.54) is 12.1 Å².